The molecule has 1 aromatic carbocycles. The van der Waals surface area contributed by atoms with Gasteiger partial charge in [0.15, 0.2) is 0 Å². The number of aryl methyl sites for hydroxylation is 1. The number of likely N-dealkylation sites (tertiary alicyclic amines) is 1. The van der Waals surface area contributed by atoms with E-state index in [1.54, 1.807) is 17.0 Å². The molecule has 1 amide bonds. The minimum atomic E-state index is -0.643. The van der Waals surface area contributed by atoms with Crippen LogP contribution in [0.25, 0.3) is 5.76 Å². The Morgan fingerprint density at radius 3 is 2.65 bits per heavy atom. The fraction of sp³-hybridized carbons (Fsp3) is 0.417. The molecule has 1 saturated heterocycles. The molecular formula is C24H30N2O4S. The number of rotatable bonds is 9. The number of benzene rings is 1. The standard InChI is InChI=1S/C24H30N2O4S/c1-5-6-13-30-18-10-9-17(15-16(18)2)22(27)20-21(19-8-7-14-31-19)26(12-11-25(3)4)24(29)23(20)28/h7-10,14-15,21,27H,5-6,11-13H2,1-4H3/b22-20+/t21-/m1/s1. The van der Waals surface area contributed by atoms with Gasteiger partial charge < -0.3 is 19.6 Å². The van der Waals surface area contributed by atoms with Crippen LogP contribution < -0.4 is 4.74 Å². The Hall–Kier alpha value is -2.64. The number of ketones is 1. The van der Waals surface area contributed by atoms with E-state index >= 15 is 0 Å². The number of thiophene rings is 1. The zero-order chi connectivity index (χ0) is 22.5. The highest BCUT2D eigenvalue weighted by Gasteiger charge is 2.46. The molecule has 0 unspecified atom stereocenters. The van der Waals surface area contributed by atoms with Crippen molar-refractivity contribution >= 4 is 28.8 Å². The van der Waals surface area contributed by atoms with E-state index < -0.39 is 17.7 Å². The second-order valence-corrected chi connectivity index (χ2v) is 8.97. The number of amides is 1. The highest BCUT2D eigenvalue weighted by atomic mass is 32.1. The molecule has 6 nitrogen and oxygen atoms in total. The average Bonchev–Trinajstić information content (AvgIpc) is 3.34. The van der Waals surface area contributed by atoms with Crippen molar-refractivity contribution in [3.63, 3.8) is 0 Å². The van der Waals surface area contributed by atoms with Gasteiger partial charge >= 0.3 is 0 Å². The van der Waals surface area contributed by atoms with Gasteiger partial charge in [-0.25, -0.2) is 0 Å². The van der Waals surface area contributed by atoms with Crippen LogP contribution in [-0.2, 0) is 9.59 Å². The van der Waals surface area contributed by atoms with Crippen LogP contribution in [0.5, 0.6) is 5.75 Å². The highest BCUT2D eigenvalue weighted by Crippen LogP contribution is 2.41. The lowest BCUT2D eigenvalue weighted by Crippen LogP contribution is -2.35. The molecule has 0 saturated carbocycles. The number of Topliss-reactive ketones (excluding diaryl/α,β-unsaturated/α-hetero) is 1. The third kappa shape index (κ3) is 4.99. The fourth-order valence-electron chi connectivity index (χ4n) is 3.60. The molecular weight excluding hydrogens is 412 g/mol. The number of hydrogen-bond acceptors (Lipinski definition) is 6. The van der Waals surface area contributed by atoms with Crippen molar-refractivity contribution in [2.24, 2.45) is 0 Å². The molecule has 2 heterocycles. The number of unbranched alkanes of at least 4 members (excludes halogenated alkanes) is 1. The van der Waals surface area contributed by atoms with Gasteiger partial charge in [0.2, 0.25) is 0 Å². The molecule has 0 aliphatic carbocycles. The molecule has 31 heavy (non-hydrogen) atoms. The molecule has 1 fully saturated rings. The molecule has 0 spiro atoms. The zero-order valence-electron chi connectivity index (χ0n) is 18.6. The first-order valence-corrected chi connectivity index (χ1v) is 11.4. The maximum Gasteiger partial charge on any atom is 0.295 e. The second kappa shape index (κ2) is 10.1. The van der Waals surface area contributed by atoms with Crippen LogP contribution in [0.4, 0.5) is 0 Å². The molecule has 166 valence electrons. The van der Waals surface area contributed by atoms with Crippen LogP contribution in [0, 0.1) is 6.92 Å². The number of nitrogens with zero attached hydrogens (tertiary/aromatic N) is 2. The number of carbonyl (C=O) groups is 2. The van der Waals surface area contributed by atoms with E-state index in [0.717, 1.165) is 29.0 Å². The maximum absolute atomic E-state index is 13.0. The van der Waals surface area contributed by atoms with E-state index in [-0.39, 0.29) is 11.3 Å². The van der Waals surface area contributed by atoms with Gasteiger partial charge in [-0.1, -0.05) is 19.4 Å². The Labute approximate surface area is 187 Å². The summed E-state index contributed by atoms with van der Waals surface area (Å²) in [4.78, 5) is 30.2. The predicted octanol–water partition coefficient (Wildman–Crippen LogP) is 4.22. The van der Waals surface area contributed by atoms with E-state index in [4.69, 9.17) is 4.74 Å². The third-order valence-corrected chi connectivity index (χ3v) is 6.27. The summed E-state index contributed by atoms with van der Waals surface area (Å²) >= 11 is 1.47. The van der Waals surface area contributed by atoms with E-state index in [9.17, 15) is 14.7 Å². The van der Waals surface area contributed by atoms with Crippen LogP contribution in [0.15, 0.2) is 41.3 Å². The summed E-state index contributed by atoms with van der Waals surface area (Å²) in [7, 11) is 3.84. The largest absolute Gasteiger partial charge is 0.507 e. The number of carbonyl (C=O) groups excluding carboxylic acids is 2. The predicted molar refractivity (Wildman–Crippen MR) is 123 cm³/mol. The van der Waals surface area contributed by atoms with Crippen LogP contribution in [-0.4, -0.2) is 60.4 Å². The molecule has 1 aliphatic heterocycles. The molecule has 1 aliphatic rings. The SMILES string of the molecule is CCCCOc1ccc(/C(O)=C2\C(=O)C(=O)N(CCN(C)C)[C@@H]2c2cccs2)cc1C. The van der Waals surface area contributed by atoms with Gasteiger partial charge in [-0.2, -0.15) is 0 Å². The van der Waals surface area contributed by atoms with Crippen molar-refractivity contribution < 1.29 is 19.4 Å². The van der Waals surface area contributed by atoms with Crippen LogP contribution in [0.3, 0.4) is 0 Å². The van der Waals surface area contributed by atoms with Gasteiger partial charge in [0.25, 0.3) is 11.7 Å². The topological polar surface area (TPSA) is 70.1 Å². The molecule has 1 atom stereocenters. The lowest BCUT2D eigenvalue weighted by molar-refractivity contribution is -0.140. The number of likely N-dealkylation sites (N-methyl/N-ethyl adjacent to an activating group) is 1. The molecule has 1 N–H and O–H groups in total. The van der Waals surface area contributed by atoms with Crippen LogP contribution in [0.2, 0.25) is 0 Å². The maximum atomic E-state index is 13.0. The Morgan fingerprint density at radius 2 is 2.03 bits per heavy atom. The average molecular weight is 443 g/mol. The Kier molecular flexibility index (Phi) is 7.51. The van der Waals surface area contributed by atoms with Gasteiger partial charge in [0.05, 0.1) is 18.2 Å². The lowest BCUT2D eigenvalue weighted by Gasteiger charge is -2.25. The number of hydrogen-bond donors (Lipinski definition) is 1. The van der Waals surface area contributed by atoms with Crippen molar-refractivity contribution in [3.05, 3.63) is 57.3 Å². The van der Waals surface area contributed by atoms with Gasteiger partial charge in [-0.05, 0) is 62.6 Å². The summed E-state index contributed by atoms with van der Waals surface area (Å²) in [5.74, 6) is -0.604. The second-order valence-electron chi connectivity index (χ2n) is 7.99. The van der Waals surface area contributed by atoms with Gasteiger partial charge in [-0.15, -0.1) is 11.3 Å². The van der Waals surface area contributed by atoms with Gasteiger partial charge in [0, 0.05) is 23.5 Å². The first-order chi connectivity index (χ1) is 14.8. The lowest BCUT2D eigenvalue weighted by atomic mass is 9.98. The molecule has 0 radical (unpaired) electrons. The smallest absolute Gasteiger partial charge is 0.295 e. The summed E-state index contributed by atoms with van der Waals surface area (Å²) in [6.45, 7) is 5.68. The Morgan fingerprint density at radius 1 is 1.26 bits per heavy atom. The van der Waals surface area contributed by atoms with E-state index in [1.807, 2.05) is 49.5 Å². The van der Waals surface area contributed by atoms with Gasteiger partial charge in [0.1, 0.15) is 11.5 Å². The quantitative estimate of drug-likeness (QED) is 0.273. The first kappa shape index (κ1) is 23.0. The molecule has 7 heteroatoms. The summed E-state index contributed by atoms with van der Waals surface area (Å²) < 4.78 is 5.80. The van der Waals surface area contributed by atoms with Crippen molar-refractivity contribution in [2.75, 3.05) is 33.8 Å². The minimum absolute atomic E-state index is 0.144. The minimum Gasteiger partial charge on any atom is -0.507 e. The van der Waals surface area contributed by atoms with Gasteiger partial charge in [-0.3, -0.25) is 9.59 Å². The third-order valence-electron chi connectivity index (χ3n) is 5.34. The molecule has 3 rings (SSSR count). The van der Waals surface area contributed by atoms with Crippen molar-refractivity contribution in [3.8, 4) is 5.75 Å². The normalized spacial score (nSPS) is 18.2. The zero-order valence-corrected chi connectivity index (χ0v) is 19.4. The summed E-state index contributed by atoms with van der Waals surface area (Å²) in [6, 6.07) is 8.55. The fourth-order valence-corrected chi connectivity index (χ4v) is 4.45. The summed E-state index contributed by atoms with van der Waals surface area (Å²) in [5.41, 5.74) is 1.52. The number of aliphatic hydroxyl groups excluding tert-OH is 1. The van der Waals surface area contributed by atoms with Crippen molar-refractivity contribution in [1.29, 1.82) is 0 Å². The van der Waals surface area contributed by atoms with E-state index in [2.05, 4.69) is 6.92 Å². The Balaban J connectivity index is 2.00. The monoisotopic (exact) mass is 442 g/mol. The van der Waals surface area contributed by atoms with Crippen LogP contribution in [0.1, 0.15) is 41.8 Å². The Bertz CT molecular complexity index is 966. The molecule has 1 aromatic heterocycles. The van der Waals surface area contributed by atoms with Crippen molar-refractivity contribution in [2.45, 2.75) is 32.7 Å². The summed E-state index contributed by atoms with van der Waals surface area (Å²) in [6.07, 6.45) is 2.02. The van der Waals surface area contributed by atoms with Crippen molar-refractivity contribution in [1.82, 2.24) is 9.80 Å². The van der Waals surface area contributed by atoms with Crippen LogP contribution >= 0.6 is 11.3 Å². The van der Waals surface area contributed by atoms with E-state index in [0.29, 0.717) is 25.3 Å². The molecule has 0 bridgehead atoms. The first-order valence-electron chi connectivity index (χ1n) is 10.6. The van der Waals surface area contributed by atoms with E-state index in [1.165, 1.54) is 11.3 Å². The highest BCUT2D eigenvalue weighted by molar-refractivity contribution is 7.10. The number of aliphatic hydroxyl groups is 1. The molecule has 2 aromatic rings. The summed E-state index contributed by atoms with van der Waals surface area (Å²) in [5, 5.41) is 13.0. The number of ether oxygens (including phenoxy) is 1.